The average molecular weight is 288 g/mol. The van der Waals surface area contributed by atoms with Gasteiger partial charge in [0, 0.05) is 0 Å². The Morgan fingerprint density at radius 2 is 1.81 bits per heavy atom. The Morgan fingerprint density at radius 1 is 1.24 bits per heavy atom. The zero-order valence-electron chi connectivity index (χ0n) is 12.2. The monoisotopic (exact) mass is 288 g/mol. The number of nitriles is 1. The van der Waals surface area contributed by atoms with Gasteiger partial charge in [0.1, 0.15) is 17.0 Å². The third kappa shape index (κ3) is 4.12. The number of nitrogens with zero attached hydrogens (tertiary/aromatic N) is 1. The predicted octanol–water partition coefficient (Wildman–Crippen LogP) is 2.42. The number of amides is 1. The van der Waals surface area contributed by atoms with Gasteiger partial charge in [-0.2, -0.15) is 5.26 Å². The van der Waals surface area contributed by atoms with Gasteiger partial charge in [-0.3, -0.25) is 4.79 Å². The number of benzene rings is 1. The molecule has 1 aromatic rings. The third-order valence-electron chi connectivity index (χ3n) is 3.55. The molecule has 0 aliphatic heterocycles. The Morgan fingerprint density at radius 3 is 2.33 bits per heavy atom. The van der Waals surface area contributed by atoms with E-state index in [2.05, 4.69) is 11.4 Å². The second kappa shape index (κ2) is 6.98. The van der Waals surface area contributed by atoms with Crippen LogP contribution in [0.4, 0.5) is 0 Å². The largest absolute Gasteiger partial charge is 0.494 e. The first-order valence-corrected chi connectivity index (χ1v) is 7.25. The Labute approximate surface area is 124 Å². The molecule has 2 rings (SSSR count). The fourth-order valence-corrected chi connectivity index (χ4v) is 2.49. The van der Waals surface area contributed by atoms with Crippen molar-refractivity contribution < 1.29 is 14.3 Å². The van der Waals surface area contributed by atoms with Gasteiger partial charge < -0.3 is 14.8 Å². The van der Waals surface area contributed by atoms with Crippen molar-refractivity contribution in [1.29, 1.82) is 5.26 Å². The number of ether oxygens (including phenoxy) is 2. The summed E-state index contributed by atoms with van der Waals surface area (Å²) in [5.74, 6) is 1.11. The number of hydrogen-bond acceptors (Lipinski definition) is 4. The average Bonchev–Trinajstić information content (AvgIpc) is 2.96. The van der Waals surface area contributed by atoms with E-state index in [0.29, 0.717) is 12.4 Å². The molecule has 5 heteroatoms. The number of nitrogens with one attached hydrogen (secondary N) is 1. The predicted molar refractivity (Wildman–Crippen MR) is 78.1 cm³/mol. The topological polar surface area (TPSA) is 71.3 Å². The van der Waals surface area contributed by atoms with Crippen molar-refractivity contribution in [3.63, 3.8) is 0 Å². The molecule has 1 amide bonds. The van der Waals surface area contributed by atoms with Crippen LogP contribution in [0.3, 0.4) is 0 Å². The van der Waals surface area contributed by atoms with Gasteiger partial charge in [0.15, 0.2) is 6.61 Å². The molecular weight excluding hydrogens is 268 g/mol. The van der Waals surface area contributed by atoms with Gasteiger partial charge in [-0.05, 0) is 56.9 Å². The number of hydrogen-bond donors (Lipinski definition) is 1. The molecule has 21 heavy (non-hydrogen) atoms. The first-order valence-electron chi connectivity index (χ1n) is 7.25. The summed E-state index contributed by atoms with van der Waals surface area (Å²) in [5, 5.41) is 12.0. The minimum atomic E-state index is -0.695. The summed E-state index contributed by atoms with van der Waals surface area (Å²) in [7, 11) is 0. The van der Waals surface area contributed by atoms with E-state index >= 15 is 0 Å². The van der Waals surface area contributed by atoms with Gasteiger partial charge in [-0.25, -0.2) is 0 Å². The van der Waals surface area contributed by atoms with Crippen LogP contribution in [0.2, 0.25) is 0 Å². The highest BCUT2D eigenvalue weighted by molar-refractivity contribution is 5.79. The summed E-state index contributed by atoms with van der Waals surface area (Å²) in [6, 6.07) is 9.33. The summed E-state index contributed by atoms with van der Waals surface area (Å²) in [6.45, 7) is 2.44. The molecule has 1 N–H and O–H groups in total. The van der Waals surface area contributed by atoms with E-state index < -0.39 is 5.54 Å². The van der Waals surface area contributed by atoms with E-state index in [4.69, 9.17) is 9.47 Å². The van der Waals surface area contributed by atoms with Crippen LogP contribution in [-0.4, -0.2) is 24.7 Å². The maximum Gasteiger partial charge on any atom is 0.259 e. The Hall–Kier alpha value is -2.22. The minimum absolute atomic E-state index is 0.0859. The molecule has 112 valence electrons. The van der Waals surface area contributed by atoms with Crippen molar-refractivity contribution >= 4 is 5.91 Å². The first kappa shape index (κ1) is 15.2. The molecule has 0 saturated heterocycles. The maximum atomic E-state index is 11.9. The summed E-state index contributed by atoms with van der Waals surface area (Å²) < 4.78 is 10.8. The molecule has 1 fully saturated rings. The van der Waals surface area contributed by atoms with E-state index in [0.717, 1.165) is 31.4 Å². The molecule has 0 spiro atoms. The van der Waals surface area contributed by atoms with Crippen LogP contribution in [0.15, 0.2) is 24.3 Å². The zero-order chi connectivity index (χ0) is 15.1. The number of rotatable bonds is 6. The van der Waals surface area contributed by atoms with Crippen LogP contribution in [-0.2, 0) is 4.79 Å². The lowest BCUT2D eigenvalue weighted by Crippen LogP contribution is -2.47. The fourth-order valence-electron chi connectivity index (χ4n) is 2.49. The van der Waals surface area contributed by atoms with Gasteiger partial charge in [-0.1, -0.05) is 0 Å². The van der Waals surface area contributed by atoms with E-state index in [1.165, 1.54) is 0 Å². The molecule has 1 aromatic carbocycles. The molecule has 5 nitrogen and oxygen atoms in total. The van der Waals surface area contributed by atoms with Crippen LogP contribution in [0.25, 0.3) is 0 Å². The van der Waals surface area contributed by atoms with E-state index in [1.807, 2.05) is 6.92 Å². The van der Waals surface area contributed by atoms with Crippen molar-refractivity contribution in [2.75, 3.05) is 13.2 Å². The Kier molecular flexibility index (Phi) is 5.04. The molecule has 1 aliphatic carbocycles. The molecule has 1 saturated carbocycles. The van der Waals surface area contributed by atoms with E-state index in [9.17, 15) is 10.1 Å². The van der Waals surface area contributed by atoms with Crippen molar-refractivity contribution in [3.05, 3.63) is 24.3 Å². The summed E-state index contributed by atoms with van der Waals surface area (Å²) in [4.78, 5) is 11.9. The lowest BCUT2D eigenvalue weighted by molar-refractivity contribution is -0.124. The van der Waals surface area contributed by atoms with Gasteiger partial charge in [0.25, 0.3) is 5.91 Å². The SMILES string of the molecule is CCOc1ccc(OCC(=O)NC2(C#N)CCCC2)cc1. The van der Waals surface area contributed by atoms with Crippen molar-refractivity contribution in [1.82, 2.24) is 5.32 Å². The van der Waals surface area contributed by atoms with Crippen molar-refractivity contribution in [3.8, 4) is 17.6 Å². The number of carbonyl (C=O) groups is 1. The quantitative estimate of drug-likeness (QED) is 0.872. The second-order valence-electron chi connectivity index (χ2n) is 5.14. The Bertz CT molecular complexity index is 513. The normalized spacial score (nSPS) is 16.0. The lowest BCUT2D eigenvalue weighted by atomic mass is 10.00. The molecule has 0 radical (unpaired) electrons. The zero-order valence-corrected chi connectivity index (χ0v) is 12.2. The van der Waals surface area contributed by atoms with Crippen LogP contribution in [0, 0.1) is 11.3 Å². The van der Waals surface area contributed by atoms with Gasteiger partial charge in [-0.15, -0.1) is 0 Å². The molecule has 0 unspecified atom stereocenters. The van der Waals surface area contributed by atoms with Gasteiger partial charge >= 0.3 is 0 Å². The van der Waals surface area contributed by atoms with Gasteiger partial charge in [0.2, 0.25) is 0 Å². The molecule has 1 aliphatic rings. The van der Waals surface area contributed by atoms with Gasteiger partial charge in [0.05, 0.1) is 12.7 Å². The fraction of sp³-hybridized carbons (Fsp3) is 0.500. The minimum Gasteiger partial charge on any atom is -0.494 e. The van der Waals surface area contributed by atoms with Crippen LogP contribution in [0.1, 0.15) is 32.6 Å². The molecule has 0 bridgehead atoms. The van der Waals surface area contributed by atoms with E-state index in [1.54, 1.807) is 24.3 Å². The van der Waals surface area contributed by atoms with Crippen molar-refractivity contribution in [2.24, 2.45) is 0 Å². The first-order chi connectivity index (χ1) is 10.2. The standard InChI is InChI=1S/C16H20N2O3/c1-2-20-13-5-7-14(8-6-13)21-11-15(19)18-16(12-17)9-3-4-10-16/h5-8H,2-4,9-11H2,1H3,(H,18,19). The van der Waals surface area contributed by atoms with E-state index in [-0.39, 0.29) is 12.5 Å². The molecule has 0 heterocycles. The van der Waals surface area contributed by atoms with Crippen LogP contribution >= 0.6 is 0 Å². The highest BCUT2D eigenvalue weighted by Crippen LogP contribution is 2.28. The summed E-state index contributed by atoms with van der Waals surface area (Å²) in [5.41, 5.74) is -0.695. The third-order valence-corrected chi connectivity index (χ3v) is 3.55. The maximum absolute atomic E-state index is 11.9. The van der Waals surface area contributed by atoms with Crippen molar-refractivity contribution in [2.45, 2.75) is 38.1 Å². The van der Waals surface area contributed by atoms with Crippen LogP contribution < -0.4 is 14.8 Å². The summed E-state index contributed by atoms with van der Waals surface area (Å²) >= 11 is 0. The summed E-state index contributed by atoms with van der Waals surface area (Å²) in [6.07, 6.45) is 3.40. The Balaban J connectivity index is 1.82. The smallest absolute Gasteiger partial charge is 0.259 e. The lowest BCUT2D eigenvalue weighted by Gasteiger charge is -2.21. The molecular formula is C16H20N2O3. The van der Waals surface area contributed by atoms with Crippen LogP contribution in [0.5, 0.6) is 11.5 Å². The second-order valence-corrected chi connectivity index (χ2v) is 5.14. The molecule has 0 atom stereocenters. The number of carbonyl (C=O) groups excluding carboxylic acids is 1. The molecule has 0 aromatic heterocycles. The highest BCUT2D eigenvalue weighted by Gasteiger charge is 2.35. The highest BCUT2D eigenvalue weighted by atomic mass is 16.5.